The van der Waals surface area contributed by atoms with Crippen molar-refractivity contribution in [1.82, 2.24) is 15.2 Å². The Kier molecular flexibility index (Phi) is 8.90. The first-order valence-electron chi connectivity index (χ1n) is 7.51. The Bertz CT molecular complexity index is 659. The van der Waals surface area contributed by atoms with Crippen molar-refractivity contribution in [2.45, 2.75) is 13.5 Å². The quantitative estimate of drug-likeness (QED) is 0.373. The fraction of sp³-hybridized carbons (Fsp3) is 0.643. The summed E-state index contributed by atoms with van der Waals surface area (Å²) in [7, 11) is -1.16. The minimum atomic E-state index is -2.99. The van der Waals surface area contributed by atoms with Gasteiger partial charge in [0.2, 0.25) is 0 Å². The van der Waals surface area contributed by atoms with Crippen molar-refractivity contribution in [3.8, 4) is 0 Å². The number of ether oxygens (including phenoxy) is 1. The second-order valence-electron chi connectivity index (χ2n) is 5.20. The van der Waals surface area contributed by atoms with Crippen LogP contribution in [-0.4, -0.2) is 57.3 Å². The predicted octanol–water partition coefficient (Wildman–Crippen LogP) is 1.45. The first-order valence-corrected chi connectivity index (χ1v) is 10.3. The number of hydrogen-bond acceptors (Lipinski definition) is 4. The van der Waals surface area contributed by atoms with Crippen LogP contribution in [0.25, 0.3) is 0 Å². The van der Waals surface area contributed by atoms with Crippen LogP contribution in [0.3, 0.4) is 0 Å². The lowest BCUT2D eigenvalue weighted by atomic mass is 10.4. The van der Waals surface area contributed by atoms with Gasteiger partial charge in [0.05, 0.1) is 30.5 Å². The van der Waals surface area contributed by atoms with Gasteiger partial charge in [-0.3, -0.25) is 0 Å². The number of sulfone groups is 1. The van der Waals surface area contributed by atoms with Gasteiger partial charge < -0.3 is 19.9 Å². The Labute approximate surface area is 153 Å². The molecule has 0 spiro atoms. The van der Waals surface area contributed by atoms with Gasteiger partial charge >= 0.3 is 0 Å². The van der Waals surface area contributed by atoms with Gasteiger partial charge in [-0.2, -0.15) is 0 Å². The van der Waals surface area contributed by atoms with E-state index in [4.69, 9.17) is 27.9 Å². The number of rotatable bonds is 9. The molecule has 0 fully saturated rings. The maximum atomic E-state index is 11.0. The van der Waals surface area contributed by atoms with Gasteiger partial charge in [0.15, 0.2) is 5.96 Å². The summed E-state index contributed by atoms with van der Waals surface area (Å²) in [5.74, 6) is 0.661. The Morgan fingerprint density at radius 2 is 2.04 bits per heavy atom. The number of aromatic nitrogens is 1. The number of nitrogens with one attached hydrogen (secondary N) is 2. The lowest BCUT2D eigenvalue weighted by Gasteiger charge is -2.11. The molecular formula is C14H24Cl2N4O3S. The highest BCUT2D eigenvalue weighted by molar-refractivity contribution is 7.90. The van der Waals surface area contributed by atoms with Gasteiger partial charge in [0.1, 0.15) is 15.0 Å². The molecule has 1 heterocycles. The van der Waals surface area contributed by atoms with E-state index < -0.39 is 9.84 Å². The Morgan fingerprint density at radius 3 is 2.58 bits per heavy atom. The highest BCUT2D eigenvalue weighted by Crippen LogP contribution is 2.25. The molecule has 0 aliphatic carbocycles. The van der Waals surface area contributed by atoms with Gasteiger partial charge in [0.25, 0.3) is 0 Å². The maximum absolute atomic E-state index is 11.0. The average Bonchev–Trinajstić information content (AvgIpc) is 2.74. The molecule has 0 saturated heterocycles. The molecule has 0 atom stereocenters. The number of guanidine groups is 1. The summed E-state index contributed by atoms with van der Waals surface area (Å²) >= 11 is 12.0. The zero-order valence-electron chi connectivity index (χ0n) is 14.1. The number of hydrogen-bond donors (Lipinski definition) is 2. The number of halogens is 2. The van der Waals surface area contributed by atoms with Crippen LogP contribution in [0, 0.1) is 0 Å². The topological polar surface area (TPSA) is 84.7 Å². The van der Waals surface area contributed by atoms with Crippen LogP contribution in [0.15, 0.2) is 11.1 Å². The number of nitrogens with zero attached hydrogens (tertiary/aromatic N) is 2. The van der Waals surface area contributed by atoms with Crippen molar-refractivity contribution in [1.29, 1.82) is 0 Å². The zero-order chi connectivity index (χ0) is 18.2. The van der Waals surface area contributed by atoms with E-state index in [-0.39, 0.29) is 12.4 Å². The van der Waals surface area contributed by atoms with Gasteiger partial charge in [-0.15, -0.1) is 0 Å². The zero-order valence-corrected chi connectivity index (χ0v) is 16.4. The van der Waals surface area contributed by atoms with Crippen molar-refractivity contribution in [2.75, 3.05) is 38.3 Å². The van der Waals surface area contributed by atoms with E-state index in [0.717, 1.165) is 12.2 Å². The van der Waals surface area contributed by atoms with Crippen molar-refractivity contribution in [3.63, 3.8) is 0 Å². The lowest BCUT2D eigenvalue weighted by Crippen LogP contribution is -2.39. The largest absolute Gasteiger partial charge is 0.379 e. The first kappa shape index (κ1) is 21.1. The molecule has 0 bridgehead atoms. The van der Waals surface area contributed by atoms with Gasteiger partial charge in [0, 0.05) is 32.1 Å². The fourth-order valence-corrected chi connectivity index (χ4v) is 2.63. The van der Waals surface area contributed by atoms with Crippen molar-refractivity contribution in [2.24, 2.45) is 12.0 Å². The average molecular weight is 399 g/mol. The minimum absolute atomic E-state index is 0.0240. The smallest absolute Gasteiger partial charge is 0.191 e. The van der Waals surface area contributed by atoms with Crippen LogP contribution in [0.5, 0.6) is 0 Å². The Morgan fingerprint density at radius 1 is 1.33 bits per heavy atom. The molecule has 1 aromatic rings. The normalized spacial score (nSPS) is 12.5. The van der Waals surface area contributed by atoms with Gasteiger partial charge in [-0.25, -0.2) is 13.4 Å². The van der Waals surface area contributed by atoms with Crippen molar-refractivity contribution < 1.29 is 13.2 Å². The van der Waals surface area contributed by atoms with E-state index in [0.29, 0.717) is 35.8 Å². The Balaban J connectivity index is 2.44. The Hall–Kier alpha value is -0.960. The molecule has 0 unspecified atom stereocenters. The SMILES string of the molecule is CCNC(=NCc1cc(Cl)c(Cl)n1C)NCCOCCS(C)(=O)=O. The second-order valence-corrected chi connectivity index (χ2v) is 8.22. The fourth-order valence-electron chi connectivity index (χ4n) is 1.80. The van der Waals surface area contributed by atoms with E-state index in [1.54, 1.807) is 10.6 Å². The van der Waals surface area contributed by atoms with E-state index in [9.17, 15) is 8.42 Å². The third-order valence-electron chi connectivity index (χ3n) is 3.10. The van der Waals surface area contributed by atoms with Crippen LogP contribution >= 0.6 is 23.2 Å². The molecule has 1 rings (SSSR count). The molecule has 2 N–H and O–H groups in total. The molecule has 1 aromatic heterocycles. The summed E-state index contributed by atoms with van der Waals surface area (Å²) in [6, 6.07) is 1.78. The van der Waals surface area contributed by atoms with E-state index in [1.165, 1.54) is 6.26 Å². The van der Waals surface area contributed by atoms with Crippen LogP contribution < -0.4 is 10.6 Å². The van der Waals surface area contributed by atoms with Gasteiger partial charge in [-0.05, 0) is 13.0 Å². The molecule has 10 heteroatoms. The van der Waals surface area contributed by atoms with Crippen LogP contribution in [0.4, 0.5) is 0 Å². The first-order chi connectivity index (χ1) is 11.2. The molecule has 0 saturated carbocycles. The van der Waals surface area contributed by atoms with Crippen LogP contribution in [0.1, 0.15) is 12.6 Å². The molecule has 0 aliphatic rings. The summed E-state index contributed by atoms with van der Waals surface area (Å²) < 4.78 is 29.0. The summed E-state index contributed by atoms with van der Waals surface area (Å²) in [6.45, 7) is 4.21. The van der Waals surface area contributed by atoms with Crippen molar-refractivity contribution in [3.05, 3.63) is 21.9 Å². The second kappa shape index (κ2) is 10.1. The molecular weight excluding hydrogens is 375 g/mol. The third-order valence-corrected chi connectivity index (χ3v) is 4.85. The lowest BCUT2D eigenvalue weighted by molar-refractivity contribution is 0.154. The summed E-state index contributed by atoms with van der Waals surface area (Å²) in [4.78, 5) is 4.46. The molecule has 0 aromatic carbocycles. The van der Waals surface area contributed by atoms with E-state index in [2.05, 4.69) is 15.6 Å². The standard InChI is InChI=1S/C14H24Cl2N4O3S/c1-4-17-14(18-5-6-23-7-8-24(3,21)22)19-10-11-9-12(15)13(16)20(11)2/h9H,4-8,10H2,1-3H3,(H2,17,18,19). The monoisotopic (exact) mass is 398 g/mol. The van der Waals surface area contributed by atoms with E-state index in [1.807, 2.05) is 14.0 Å². The third kappa shape index (κ3) is 7.74. The summed E-state index contributed by atoms with van der Waals surface area (Å²) in [5, 5.41) is 7.23. The minimum Gasteiger partial charge on any atom is -0.379 e. The van der Waals surface area contributed by atoms with Crippen molar-refractivity contribution >= 4 is 39.0 Å². The van der Waals surface area contributed by atoms with Crippen LogP contribution in [0.2, 0.25) is 10.2 Å². The highest BCUT2D eigenvalue weighted by Gasteiger charge is 2.08. The summed E-state index contributed by atoms with van der Waals surface area (Å²) in [5.41, 5.74) is 0.895. The maximum Gasteiger partial charge on any atom is 0.191 e. The molecule has 7 nitrogen and oxygen atoms in total. The molecule has 0 aliphatic heterocycles. The summed E-state index contributed by atoms with van der Waals surface area (Å²) in [6.07, 6.45) is 1.19. The highest BCUT2D eigenvalue weighted by atomic mass is 35.5. The molecule has 0 radical (unpaired) electrons. The molecule has 138 valence electrons. The van der Waals surface area contributed by atoms with E-state index >= 15 is 0 Å². The van der Waals surface area contributed by atoms with Crippen LogP contribution in [-0.2, 0) is 28.2 Å². The molecule has 24 heavy (non-hydrogen) atoms. The molecule has 0 amide bonds. The van der Waals surface area contributed by atoms with Gasteiger partial charge in [-0.1, -0.05) is 23.2 Å². The number of aliphatic imine (C=N–C) groups is 1. The predicted molar refractivity (Wildman–Crippen MR) is 98.8 cm³/mol.